The maximum Gasteiger partial charge on any atom is 0.416 e. The summed E-state index contributed by atoms with van der Waals surface area (Å²) in [6.07, 6.45) is 0.921. The molecule has 0 aliphatic rings. The Balaban J connectivity index is 1.39. The van der Waals surface area contributed by atoms with Crippen LogP contribution in [0.25, 0.3) is 21.7 Å². The average Bonchev–Trinajstić information content (AvgIpc) is 3.28. The molecule has 0 fully saturated rings. The van der Waals surface area contributed by atoms with Gasteiger partial charge in [0.15, 0.2) is 0 Å². The number of benzene rings is 4. The van der Waals surface area contributed by atoms with Crippen molar-refractivity contribution in [3.8, 4) is 0 Å². The number of anilines is 2. The van der Waals surface area contributed by atoms with Gasteiger partial charge >= 0.3 is 12.1 Å². The van der Waals surface area contributed by atoms with Crippen LogP contribution in [-0.2, 0) is 6.42 Å². The fourth-order valence-corrected chi connectivity index (χ4v) is 4.81. The van der Waals surface area contributed by atoms with Gasteiger partial charge in [0.25, 0.3) is 5.91 Å². The number of urea groups is 1. The molecule has 8 nitrogen and oxygen atoms in total. The molecule has 0 spiro atoms. The number of carbonyl (C=O) groups is 3. The fourth-order valence-electron chi connectivity index (χ4n) is 4.62. The topological polar surface area (TPSA) is 112 Å². The molecule has 1 aromatic heterocycles. The Morgan fingerprint density at radius 3 is 2.26 bits per heavy atom. The summed E-state index contributed by atoms with van der Waals surface area (Å²) in [5.41, 5.74) is 2.46. The van der Waals surface area contributed by atoms with Crippen molar-refractivity contribution in [2.45, 2.75) is 19.4 Å². The summed E-state index contributed by atoms with van der Waals surface area (Å²) in [5, 5.41) is 21.0. The molecule has 0 aliphatic heterocycles. The van der Waals surface area contributed by atoms with Crippen LogP contribution < -0.4 is 16.0 Å². The Bertz CT molecular complexity index is 1730. The molecule has 5 rings (SSSR count). The molecule has 5 aromatic rings. The van der Waals surface area contributed by atoms with Crippen molar-refractivity contribution < 1.29 is 19.5 Å². The lowest BCUT2D eigenvalue weighted by Gasteiger charge is -2.17. The summed E-state index contributed by atoms with van der Waals surface area (Å²) in [4.78, 5) is 38.0. The van der Waals surface area contributed by atoms with E-state index < -0.39 is 12.1 Å². The number of hydrogen-bond acceptors (Lipinski definition) is 3. The highest BCUT2D eigenvalue weighted by Gasteiger charge is 2.19. The maximum absolute atomic E-state index is 13.5. The number of carboxylic acid groups (broad SMARTS) is 1. The van der Waals surface area contributed by atoms with Crippen molar-refractivity contribution in [3.63, 3.8) is 0 Å². The van der Waals surface area contributed by atoms with E-state index >= 15 is 0 Å². The van der Waals surface area contributed by atoms with Crippen molar-refractivity contribution in [2.75, 3.05) is 10.6 Å². The second-order valence-electron chi connectivity index (χ2n) is 9.21. The van der Waals surface area contributed by atoms with Gasteiger partial charge in [-0.15, -0.1) is 0 Å². The lowest BCUT2D eigenvalue weighted by atomic mass is 10.0. The first kappa shape index (κ1) is 25.8. The van der Waals surface area contributed by atoms with Crippen LogP contribution in [0.1, 0.15) is 22.8 Å². The zero-order chi connectivity index (χ0) is 27.5. The standard InChI is InChI=1S/C30H25ClN4O4/c1-18(14-21-17-35(30(38)39)27-13-7-4-10-22(21)27)32-28(36)23-15-19-8-2-3-9-20(19)16-26(23)34-29(37)33-25-12-6-5-11-24(25)31/h2-13,15-18H,14H2,1H3,(H,32,36)(H,38,39)(H2,33,34,37)/t18-/m1/s1. The van der Waals surface area contributed by atoms with Gasteiger partial charge in [-0.2, -0.15) is 0 Å². The normalized spacial score (nSPS) is 11.7. The van der Waals surface area contributed by atoms with E-state index in [4.69, 9.17) is 11.6 Å². The lowest BCUT2D eigenvalue weighted by molar-refractivity contribution is 0.0941. The molecule has 9 heteroatoms. The van der Waals surface area contributed by atoms with Gasteiger partial charge in [-0.05, 0) is 60.0 Å². The Morgan fingerprint density at radius 1 is 0.872 bits per heavy atom. The number of amides is 3. The first-order valence-corrected chi connectivity index (χ1v) is 12.7. The van der Waals surface area contributed by atoms with Gasteiger partial charge < -0.3 is 21.1 Å². The minimum absolute atomic E-state index is 0.294. The van der Waals surface area contributed by atoms with E-state index in [9.17, 15) is 19.5 Å². The third-order valence-electron chi connectivity index (χ3n) is 6.40. The van der Waals surface area contributed by atoms with E-state index in [1.807, 2.05) is 43.3 Å². The third-order valence-corrected chi connectivity index (χ3v) is 6.73. The molecule has 3 amide bonds. The molecule has 0 saturated carbocycles. The molecule has 196 valence electrons. The van der Waals surface area contributed by atoms with Crippen molar-refractivity contribution in [3.05, 3.63) is 107 Å². The Hall–Kier alpha value is -4.82. The molecule has 0 radical (unpaired) electrons. The van der Waals surface area contributed by atoms with E-state index in [1.54, 1.807) is 54.7 Å². The van der Waals surface area contributed by atoms with Crippen molar-refractivity contribution in [1.29, 1.82) is 0 Å². The van der Waals surface area contributed by atoms with Crippen LogP contribution in [0.3, 0.4) is 0 Å². The summed E-state index contributed by atoms with van der Waals surface area (Å²) in [6, 6.07) is 24.3. The van der Waals surface area contributed by atoms with Crippen LogP contribution in [0.2, 0.25) is 5.02 Å². The molecule has 4 N–H and O–H groups in total. The summed E-state index contributed by atoms with van der Waals surface area (Å²) in [5.74, 6) is -0.372. The number of carbonyl (C=O) groups excluding carboxylic acids is 2. The summed E-state index contributed by atoms with van der Waals surface area (Å²) >= 11 is 6.17. The quantitative estimate of drug-likeness (QED) is 0.186. The number of para-hydroxylation sites is 2. The molecule has 0 saturated heterocycles. The molecule has 1 heterocycles. The van der Waals surface area contributed by atoms with Gasteiger partial charge in [-0.25, -0.2) is 9.59 Å². The van der Waals surface area contributed by atoms with Gasteiger partial charge in [0.2, 0.25) is 0 Å². The molecule has 39 heavy (non-hydrogen) atoms. The minimum Gasteiger partial charge on any atom is -0.464 e. The Labute approximate surface area is 229 Å². The van der Waals surface area contributed by atoms with Crippen molar-refractivity contribution in [2.24, 2.45) is 0 Å². The number of nitrogens with zero attached hydrogens (tertiary/aromatic N) is 1. The lowest BCUT2D eigenvalue weighted by Crippen LogP contribution is -2.35. The number of nitrogens with one attached hydrogen (secondary N) is 3. The molecule has 0 unspecified atom stereocenters. The third kappa shape index (κ3) is 5.56. The molecular formula is C30H25ClN4O4. The predicted molar refractivity (Wildman–Crippen MR) is 154 cm³/mol. The van der Waals surface area contributed by atoms with Crippen LogP contribution in [0.4, 0.5) is 21.0 Å². The maximum atomic E-state index is 13.5. The van der Waals surface area contributed by atoms with Crippen LogP contribution in [0.15, 0.2) is 91.1 Å². The fraction of sp³-hybridized carbons (Fsp3) is 0.100. The van der Waals surface area contributed by atoms with Crippen LogP contribution in [-0.4, -0.2) is 33.7 Å². The molecular weight excluding hydrogens is 516 g/mol. The van der Waals surface area contributed by atoms with Crippen LogP contribution in [0, 0.1) is 0 Å². The SMILES string of the molecule is C[C@H](Cc1cn(C(=O)O)c2ccccc12)NC(=O)c1cc2ccccc2cc1NC(=O)Nc1ccccc1Cl. The molecule has 0 aliphatic carbocycles. The highest BCUT2D eigenvalue weighted by molar-refractivity contribution is 6.33. The highest BCUT2D eigenvalue weighted by atomic mass is 35.5. The molecule has 0 bridgehead atoms. The van der Waals surface area contributed by atoms with Gasteiger partial charge in [-0.1, -0.05) is 66.2 Å². The second kappa shape index (κ2) is 10.9. The van der Waals surface area contributed by atoms with E-state index in [0.29, 0.717) is 33.9 Å². The minimum atomic E-state index is -1.07. The van der Waals surface area contributed by atoms with E-state index in [2.05, 4.69) is 16.0 Å². The number of fused-ring (bicyclic) bond motifs is 2. The Kier molecular flexibility index (Phi) is 7.21. The first-order valence-electron chi connectivity index (χ1n) is 12.3. The summed E-state index contributed by atoms with van der Waals surface area (Å²) < 4.78 is 1.18. The van der Waals surface area contributed by atoms with Crippen molar-refractivity contribution >= 4 is 62.7 Å². The van der Waals surface area contributed by atoms with E-state index in [0.717, 1.165) is 21.7 Å². The average molecular weight is 541 g/mol. The van der Waals surface area contributed by atoms with E-state index in [-0.39, 0.29) is 11.9 Å². The molecule has 4 aromatic carbocycles. The second-order valence-corrected chi connectivity index (χ2v) is 9.61. The number of halogens is 1. The van der Waals surface area contributed by atoms with E-state index in [1.165, 1.54) is 4.57 Å². The number of hydrogen-bond donors (Lipinski definition) is 4. The summed E-state index contributed by atoms with van der Waals surface area (Å²) in [6.45, 7) is 1.85. The number of rotatable bonds is 6. The highest BCUT2D eigenvalue weighted by Crippen LogP contribution is 2.27. The van der Waals surface area contributed by atoms with Gasteiger partial charge in [0.1, 0.15) is 0 Å². The zero-order valence-corrected chi connectivity index (χ0v) is 21.7. The van der Waals surface area contributed by atoms with Gasteiger partial charge in [0, 0.05) is 17.6 Å². The van der Waals surface area contributed by atoms with Crippen molar-refractivity contribution in [1.82, 2.24) is 9.88 Å². The largest absolute Gasteiger partial charge is 0.464 e. The molecule has 1 atom stereocenters. The monoisotopic (exact) mass is 540 g/mol. The van der Waals surface area contributed by atoms with Crippen LogP contribution >= 0.6 is 11.6 Å². The zero-order valence-electron chi connectivity index (χ0n) is 20.9. The van der Waals surface area contributed by atoms with Gasteiger partial charge in [0.05, 0.1) is 27.5 Å². The first-order chi connectivity index (χ1) is 18.8. The summed E-state index contributed by atoms with van der Waals surface area (Å²) in [7, 11) is 0. The van der Waals surface area contributed by atoms with Gasteiger partial charge in [-0.3, -0.25) is 9.36 Å². The van der Waals surface area contributed by atoms with Crippen LogP contribution in [0.5, 0.6) is 0 Å². The smallest absolute Gasteiger partial charge is 0.416 e. The Morgan fingerprint density at radius 2 is 1.51 bits per heavy atom. The predicted octanol–water partition coefficient (Wildman–Crippen LogP) is 6.98. The number of aromatic nitrogens is 1.